The number of benzene rings is 1. The molecule has 1 saturated heterocycles. The van der Waals surface area contributed by atoms with Crippen molar-refractivity contribution in [1.82, 2.24) is 14.9 Å². The van der Waals surface area contributed by atoms with E-state index in [1.807, 2.05) is 0 Å². The lowest BCUT2D eigenvalue weighted by molar-refractivity contribution is -0.140. The van der Waals surface area contributed by atoms with Crippen LogP contribution in [-0.4, -0.2) is 49.8 Å². The quantitative estimate of drug-likeness (QED) is 0.399. The molecule has 8 nitrogen and oxygen atoms in total. The lowest BCUT2D eigenvalue weighted by Gasteiger charge is -2.11. The number of carboxylic acids is 1. The molecule has 1 N–H and O–H groups in total. The van der Waals surface area contributed by atoms with Crippen molar-refractivity contribution in [2.75, 3.05) is 13.7 Å². The van der Waals surface area contributed by atoms with Crippen molar-refractivity contribution in [3.63, 3.8) is 0 Å². The van der Waals surface area contributed by atoms with E-state index < -0.39 is 24.2 Å². The predicted molar refractivity (Wildman–Crippen MR) is 108 cm³/mol. The molecule has 0 spiro atoms. The average Bonchev–Trinajstić information content (AvgIpc) is 2.92. The number of thiocarbonyl (C=S) groups is 1. The van der Waals surface area contributed by atoms with Gasteiger partial charge in [-0.15, -0.1) is 0 Å². The van der Waals surface area contributed by atoms with E-state index in [1.165, 1.54) is 19.3 Å². The van der Waals surface area contributed by atoms with Gasteiger partial charge >= 0.3 is 5.97 Å². The van der Waals surface area contributed by atoms with Gasteiger partial charge in [-0.3, -0.25) is 14.5 Å². The van der Waals surface area contributed by atoms with Crippen LogP contribution < -0.4 is 9.47 Å². The molecule has 1 aliphatic rings. The second kappa shape index (κ2) is 8.72. The number of carboxylic acid groups (broad SMARTS) is 1. The van der Waals surface area contributed by atoms with Gasteiger partial charge in [0.05, 0.1) is 18.2 Å². The summed E-state index contributed by atoms with van der Waals surface area (Å²) in [5.74, 6) is -2.43. The summed E-state index contributed by atoms with van der Waals surface area (Å²) in [7, 11) is 1.39. The number of ether oxygens (including phenoxy) is 2. The second-order valence-corrected chi connectivity index (χ2v) is 7.48. The minimum absolute atomic E-state index is 0.159. The summed E-state index contributed by atoms with van der Waals surface area (Å²) in [5, 5.41) is 8.71. The minimum atomic E-state index is -1.16. The van der Waals surface area contributed by atoms with Crippen LogP contribution in [0.15, 0.2) is 29.3 Å². The molecule has 0 saturated carbocycles. The van der Waals surface area contributed by atoms with E-state index >= 15 is 0 Å². The molecular formula is C17H11ClFN3O5S2. The molecule has 1 amide bonds. The summed E-state index contributed by atoms with van der Waals surface area (Å²) in [5.41, 5.74) is 0.561. The highest BCUT2D eigenvalue weighted by molar-refractivity contribution is 8.26. The molecule has 0 bridgehead atoms. The van der Waals surface area contributed by atoms with Gasteiger partial charge in [0.2, 0.25) is 11.1 Å². The van der Waals surface area contributed by atoms with Crippen molar-refractivity contribution in [2.24, 2.45) is 0 Å². The molecule has 0 unspecified atom stereocenters. The summed E-state index contributed by atoms with van der Waals surface area (Å²) in [4.78, 5) is 31.7. The largest absolute Gasteiger partial charge is 0.493 e. The van der Waals surface area contributed by atoms with Crippen LogP contribution in [0.1, 0.15) is 5.56 Å². The van der Waals surface area contributed by atoms with Gasteiger partial charge in [0.15, 0.2) is 11.5 Å². The summed E-state index contributed by atoms with van der Waals surface area (Å²) in [6.45, 7) is -0.509. The topological polar surface area (TPSA) is 102 Å². The fourth-order valence-electron chi connectivity index (χ4n) is 2.29. The van der Waals surface area contributed by atoms with Gasteiger partial charge in [0.25, 0.3) is 11.8 Å². The Kier molecular flexibility index (Phi) is 6.30. The highest BCUT2D eigenvalue weighted by Crippen LogP contribution is 2.36. The average molecular weight is 456 g/mol. The van der Waals surface area contributed by atoms with Gasteiger partial charge in [0, 0.05) is 0 Å². The van der Waals surface area contributed by atoms with Crippen molar-refractivity contribution in [3.8, 4) is 17.4 Å². The van der Waals surface area contributed by atoms with Crippen molar-refractivity contribution in [3.05, 3.63) is 46.0 Å². The molecule has 3 rings (SSSR count). The maximum Gasteiger partial charge on any atom is 0.323 e. The van der Waals surface area contributed by atoms with Crippen LogP contribution in [0.3, 0.4) is 0 Å². The Balaban J connectivity index is 1.86. The van der Waals surface area contributed by atoms with Crippen molar-refractivity contribution >= 4 is 57.9 Å². The number of aliphatic carboxylic acids is 1. The molecule has 0 aliphatic carbocycles. The smallest absolute Gasteiger partial charge is 0.323 e. The Labute approximate surface area is 178 Å². The highest BCUT2D eigenvalue weighted by atomic mass is 35.5. The van der Waals surface area contributed by atoms with Crippen LogP contribution in [-0.2, 0) is 9.59 Å². The Hall–Kier alpha value is -2.76. The van der Waals surface area contributed by atoms with Crippen LogP contribution in [0.2, 0.25) is 5.28 Å². The number of carbonyl (C=O) groups is 2. The molecule has 1 aliphatic heterocycles. The van der Waals surface area contributed by atoms with E-state index in [4.69, 9.17) is 38.4 Å². The first-order valence-electron chi connectivity index (χ1n) is 7.79. The number of methoxy groups -OCH3 is 1. The predicted octanol–water partition coefficient (Wildman–Crippen LogP) is 3.36. The zero-order chi connectivity index (χ0) is 21.1. The third-order valence-corrected chi connectivity index (χ3v) is 5.10. The summed E-state index contributed by atoms with van der Waals surface area (Å²) >= 11 is 11.7. The van der Waals surface area contributed by atoms with E-state index in [-0.39, 0.29) is 31.9 Å². The van der Waals surface area contributed by atoms with E-state index in [2.05, 4.69) is 9.97 Å². The van der Waals surface area contributed by atoms with E-state index in [0.29, 0.717) is 5.56 Å². The van der Waals surface area contributed by atoms with Crippen molar-refractivity contribution in [1.29, 1.82) is 0 Å². The van der Waals surface area contributed by atoms with E-state index in [1.54, 1.807) is 12.1 Å². The number of rotatable bonds is 6. The fraction of sp³-hybridized carbons (Fsp3) is 0.118. The Morgan fingerprint density at radius 1 is 1.45 bits per heavy atom. The van der Waals surface area contributed by atoms with Crippen LogP contribution in [0, 0.1) is 5.82 Å². The molecule has 1 aromatic heterocycles. The van der Waals surface area contributed by atoms with Gasteiger partial charge in [0.1, 0.15) is 10.9 Å². The van der Waals surface area contributed by atoms with Crippen LogP contribution in [0.25, 0.3) is 6.08 Å². The second-order valence-electron chi connectivity index (χ2n) is 5.47. The SMILES string of the molecule is COc1cc(/C=C2/SC(=S)N(CC(=O)O)C2=O)ccc1Oc1nc(Cl)ncc1F. The highest BCUT2D eigenvalue weighted by Gasteiger charge is 2.33. The van der Waals surface area contributed by atoms with Gasteiger partial charge < -0.3 is 14.6 Å². The number of aromatic nitrogens is 2. The maximum atomic E-state index is 13.8. The Morgan fingerprint density at radius 2 is 2.21 bits per heavy atom. The molecule has 150 valence electrons. The lowest BCUT2D eigenvalue weighted by atomic mass is 10.2. The third kappa shape index (κ3) is 4.81. The number of hydrogen-bond acceptors (Lipinski definition) is 8. The first kappa shape index (κ1) is 21.0. The first-order chi connectivity index (χ1) is 13.8. The standard InChI is InChI=1S/C17H11ClFN3O5S2/c1-26-11-4-8(5-12-15(25)22(7-13(23)24)17(28)29-12)2-3-10(11)27-14-9(19)6-20-16(18)21-14/h2-6H,7H2,1H3,(H,23,24)/b12-5+. The minimum Gasteiger partial charge on any atom is -0.493 e. The number of halogens is 2. The summed E-state index contributed by atoms with van der Waals surface area (Å²) in [6.07, 6.45) is 2.42. The number of thioether (sulfide) groups is 1. The Bertz CT molecular complexity index is 1050. The van der Waals surface area contributed by atoms with Crippen LogP contribution in [0.5, 0.6) is 17.4 Å². The van der Waals surface area contributed by atoms with Crippen LogP contribution in [0.4, 0.5) is 4.39 Å². The maximum absolute atomic E-state index is 13.8. The van der Waals surface area contributed by atoms with Gasteiger partial charge in [-0.2, -0.15) is 9.37 Å². The number of carbonyl (C=O) groups excluding carboxylic acids is 1. The fourth-order valence-corrected chi connectivity index (χ4v) is 3.67. The molecule has 29 heavy (non-hydrogen) atoms. The molecule has 2 heterocycles. The number of amides is 1. The van der Waals surface area contributed by atoms with Gasteiger partial charge in [-0.05, 0) is 35.4 Å². The van der Waals surface area contributed by atoms with Crippen molar-refractivity contribution < 1.29 is 28.6 Å². The molecule has 1 aromatic carbocycles. The summed E-state index contributed by atoms with van der Waals surface area (Å²) in [6, 6.07) is 4.65. The van der Waals surface area contributed by atoms with Crippen LogP contribution >= 0.6 is 35.6 Å². The molecular weight excluding hydrogens is 445 g/mol. The zero-order valence-electron chi connectivity index (χ0n) is 14.6. The van der Waals surface area contributed by atoms with E-state index in [0.717, 1.165) is 22.9 Å². The molecule has 12 heteroatoms. The number of hydrogen-bond donors (Lipinski definition) is 1. The third-order valence-electron chi connectivity index (χ3n) is 3.54. The van der Waals surface area contributed by atoms with Gasteiger partial charge in [-0.25, -0.2) is 4.98 Å². The first-order valence-corrected chi connectivity index (χ1v) is 9.40. The normalized spacial score (nSPS) is 15.1. The Morgan fingerprint density at radius 3 is 2.90 bits per heavy atom. The number of nitrogens with zero attached hydrogens (tertiary/aromatic N) is 3. The molecule has 0 atom stereocenters. The lowest BCUT2D eigenvalue weighted by Crippen LogP contribution is -2.33. The van der Waals surface area contributed by atoms with E-state index in [9.17, 15) is 14.0 Å². The molecule has 0 radical (unpaired) electrons. The van der Waals surface area contributed by atoms with Gasteiger partial charge in [-0.1, -0.05) is 30.0 Å². The van der Waals surface area contributed by atoms with Crippen molar-refractivity contribution in [2.45, 2.75) is 0 Å². The monoisotopic (exact) mass is 455 g/mol. The molecule has 1 fully saturated rings. The molecule has 2 aromatic rings. The zero-order valence-corrected chi connectivity index (χ0v) is 17.0. The summed E-state index contributed by atoms with van der Waals surface area (Å²) < 4.78 is 24.6.